The number of imidazole rings is 1. The number of nitrogens with one attached hydrogen (secondary N) is 1. The molecule has 0 saturated carbocycles. The van der Waals surface area contributed by atoms with Crippen LogP contribution in [0, 0.1) is 0 Å². The Balaban J connectivity index is 1.67. The Bertz CT molecular complexity index is 947. The number of aromatic nitrogens is 2. The lowest BCUT2D eigenvalue weighted by Crippen LogP contribution is -2.45. The highest BCUT2D eigenvalue weighted by atomic mass is 32.2. The highest BCUT2D eigenvalue weighted by Crippen LogP contribution is 2.27. The lowest BCUT2D eigenvalue weighted by atomic mass is 10.1. The van der Waals surface area contributed by atoms with Gasteiger partial charge in [0.05, 0.1) is 5.69 Å². The molecule has 0 spiro atoms. The van der Waals surface area contributed by atoms with E-state index in [0.29, 0.717) is 13.1 Å². The summed E-state index contributed by atoms with van der Waals surface area (Å²) in [6.07, 6.45) is 6.49. The average Bonchev–Trinajstić information content (AvgIpc) is 2.90. The molecule has 0 bridgehead atoms. The Labute approximate surface area is 165 Å². The van der Waals surface area contributed by atoms with Crippen LogP contribution in [-0.2, 0) is 23.2 Å². The van der Waals surface area contributed by atoms with E-state index in [1.807, 2.05) is 30.3 Å². The molecule has 1 fully saturated rings. The molecule has 28 heavy (non-hydrogen) atoms. The maximum absolute atomic E-state index is 12.9. The van der Waals surface area contributed by atoms with Crippen molar-refractivity contribution in [2.45, 2.75) is 51.5 Å². The predicted octanol–water partition coefficient (Wildman–Crippen LogP) is 2.74. The summed E-state index contributed by atoms with van der Waals surface area (Å²) in [5, 5.41) is 0. The van der Waals surface area contributed by atoms with Crippen molar-refractivity contribution in [3.8, 4) is 11.4 Å². The first-order valence-corrected chi connectivity index (χ1v) is 11.5. The number of carbonyl (C=O) groups is 1. The molecule has 1 N–H and O–H groups in total. The van der Waals surface area contributed by atoms with Crippen LogP contribution in [0.25, 0.3) is 11.4 Å². The summed E-state index contributed by atoms with van der Waals surface area (Å²) < 4.78 is 31.0. The quantitative estimate of drug-likeness (QED) is 0.852. The summed E-state index contributed by atoms with van der Waals surface area (Å²) in [7, 11) is -3.84. The van der Waals surface area contributed by atoms with Gasteiger partial charge in [-0.15, -0.1) is 0 Å². The third-order valence-electron chi connectivity index (χ3n) is 5.49. The third kappa shape index (κ3) is 3.84. The van der Waals surface area contributed by atoms with Crippen molar-refractivity contribution in [2.24, 2.45) is 0 Å². The van der Waals surface area contributed by atoms with Crippen molar-refractivity contribution < 1.29 is 13.2 Å². The predicted molar refractivity (Wildman–Crippen MR) is 107 cm³/mol. The number of fused-ring (bicyclic) bond motifs is 1. The second-order valence-corrected chi connectivity index (χ2v) is 9.13. The highest BCUT2D eigenvalue weighted by molar-refractivity contribution is 7.87. The molecule has 0 unspecified atom stereocenters. The topological polar surface area (TPSA) is 84.3 Å². The molecule has 0 atom stereocenters. The van der Waals surface area contributed by atoms with Gasteiger partial charge >= 0.3 is 10.2 Å². The molecule has 4 rings (SSSR count). The van der Waals surface area contributed by atoms with Crippen LogP contribution in [0.4, 0.5) is 0 Å². The fourth-order valence-corrected chi connectivity index (χ4v) is 5.24. The molecule has 2 aliphatic rings. The Hall–Kier alpha value is -2.19. The summed E-state index contributed by atoms with van der Waals surface area (Å²) in [6, 6.07) is 9.75. The largest absolute Gasteiger partial charge is 0.327 e. The average molecular weight is 403 g/mol. The number of nitrogens with zero attached hydrogens (tertiary/aromatic N) is 3. The molecule has 1 amide bonds. The zero-order valence-electron chi connectivity index (χ0n) is 15.9. The second kappa shape index (κ2) is 8.05. The van der Waals surface area contributed by atoms with Gasteiger partial charge in [-0.25, -0.2) is 9.71 Å². The van der Waals surface area contributed by atoms with E-state index in [1.54, 1.807) is 0 Å². The van der Waals surface area contributed by atoms with E-state index in [9.17, 15) is 13.2 Å². The van der Waals surface area contributed by atoms with Gasteiger partial charge in [-0.3, -0.25) is 4.79 Å². The molecule has 3 heterocycles. The Kier molecular flexibility index (Phi) is 5.50. The van der Waals surface area contributed by atoms with Crippen LogP contribution in [0.1, 0.15) is 54.7 Å². The number of benzene rings is 1. The smallest absolute Gasteiger partial charge is 0.304 e. The fraction of sp³-hybridized carbons (Fsp3) is 0.500. The van der Waals surface area contributed by atoms with Crippen LogP contribution < -0.4 is 4.72 Å². The van der Waals surface area contributed by atoms with E-state index in [0.717, 1.165) is 68.6 Å². The summed E-state index contributed by atoms with van der Waals surface area (Å²) in [4.78, 5) is 17.5. The normalized spacial score (nSPS) is 18.3. The molecule has 150 valence electrons. The Morgan fingerprint density at radius 2 is 1.61 bits per heavy atom. The fourth-order valence-electron chi connectivity index (χ4n) is 4.04. The zero-order valence-corrected chi connectivity index (χ0v) is 16.7. The van der Waals surface area contributed by atoms with Crippen LogP contribution in [0.5, 0.6) is 0 Å². The SMILES string of the molecule is O=C(NS(=O)(=O)N1CCCCC1)c1nc(-c2ccccc2)n2c1CCCCC2. The molecule has 1 aromatic carbocycles. The van der Waals surface area contributed by atoms with E-state index < -0.39 is 16.1 Å². The molecule has 7 nitrogen and oxygen atoms in total. The van der Waals surface area contributed by atoms with E-state index in [1.165, 1.54) is 4.31 Å². The van der Waals surface area contributed by atoms with Crippen LogP contribution in [-0.4, -0.2) is 41.3 Å². The molecule has 1 saturated heterocycles. The van der Waals surface area contributed by atoms with Crippen molar-refractivity contribution in [1.29, 1.82) is 0 Å². The van der Waals surface area contributed by atoms with Crippen molar-refractivity contribution >= 4 is 16.1 Å². The van der Waals surface area contributed by atoms with Gasteiger partial charge in [0.2, 0.25) is 0 Å². The minimum absolute atomic E-state index is 0.237. The molecule has 8 heteroatoms. The second-order valence-electron chi connectivity index (χ2n) is 7.45. The van der Waals surface area contributed by atoms with Crippen molar-refractivity contribution in [2.75, 3.05) is 13.1 Å². The number of carbonyl (C=O) groups excluding carboxylic acids is 1. The van der Waals surface area contributed by atoms with E-state index in [2.05, 4.69) is 14.3 Å². The third-order valence-corrected chi connectivity index (χ3v) is 6.98. The molecule has 0 radical (unpaired) electrons. The molecule has 0 aliphatic carbocycles. The van der Waals surface area contributed by atoms with Crippen molar-refractivity contribution in [1.82, 2.24) is 18.6 Å². The van der Waals surface area contributed by atoms with Crippen LogP contribution in [0.3, 0.4) is 0 Å². The summed E-state index contributed by atoms with van der Waals surface area (Å²) >= 11 is 0. The van der Waals surface area contributed by atoms with Crippen molar-refractivity contribution in [3.63, 3.8) is 0 Å². The summed E-state index contributed by atoms with van der Waals surface area (Å²) in [5.41, 5.74) is 2.01. The van der Waals surface area contributed by atoms with Gasteiger partial charge < -0.3 is 4.57 Å². The number of amides is 1. The van der Waals surface area contributed by atoms with Crippen LogP contribution >= 0.6 is 0 Å². The minimum Gasteiger partial charge on any atom is -0.327 e. The van der Waals surface area contributed by atoms with Gasteiger partial charge in [-0.1, -0.05) is 43.2 Å². The molecule has 1 aromatic heterocycles. The van der Waals surface area contributed by atoms with E-state index in [-0.39, 0.29) is 5.69 Å². The van der Waals surface area contributed by atoms with Crippen LogP contribution in [0.2, 0.25) is 0 Å². The van der Waals surface area contributed by atoms with Crippen molar-refractivity contribution in [3.05, 3.63) is 41.7 Å². The van der Waals surface area contributed by atoms with Gasteiger partial charge in [0.25, 0.3) is 5.91 Å². The molecule has 2 aliphatic heterocycles. The Morgan fingerprint density at radius 1 is 0.929 bits per heavy atom. The maximum atomic E-state index is 12.9. The first kappa shape index (κ1) is 19.1. The number of hydrogen-bond acceptors (Lipinski definition) is 4. The molecule has 2 aromatic rings. The lowest BCUT2D eigenvalue weighted by molar-refractivity contribution is 0.0973. The Morgan fingerprint density at radius 3 is 2.36 bits per heavy atom. The summed E-state index contributed by atoms with van der Waals surface area (Å²) in [5.74, 6) is 0.108. The summed E-state index contributed by atoms with van der Waals surface area (Å²) in [6.45, 7) is 1.71. The number of hydrogen-bond donors (Lipinski definition) is 1. The highest BCUT2D eigenvalue weighted by Gasteiger charge is 2.30. The standard InChI is InChI=1S/C20H26N4O3S/c25-20(22-28(26,27)23-13-7-3-8-14-23)18-17-12-6-2-9-15-24(17)19(21-18)16-10-4-1-5-11-16/h1,4-5,10-11H,2-3,6-9,12-15H2,(H,22,25). The number of piperidine rings is 1. The molecular weight excluding hydrogens is 376 g/mol. The van der Waals surface area contributed by atoms with E-state index in [4.69, 9.17) is 0 Å². The zero-order chi connectivity index (χ0) is 19.6. The van der Waals surface area contributed by atoms with Gasteiger partial charge in [-0.2, -0.15) is 12.7 Å². The van der Waals surface area contributed by atoms with Crippen LogP contribution in [0.15, 0.2) is 30.3 Å². The van der Waals surface area contributed by atoms with Gasteiger partial charge in [0.1, 0.15) is 5.82 Å². The van der Waals surface area contributed by atoms with E-state index >= 15 is 0 Å². The first-order chi connectivity index (χ1) is 13.6. The maximum Gasteiger partial charge on any atom is 0.304 e. The first-order valence-electron chi connectivity index (χ1n) is 10.0. The van der Waals surface area contributed by atoms with Gasteiger partial charge in [0, 0.05) is 25.2 Å². The molecular formula is C20H26N4O3S. The number of rotatable bonds is 4. The minimum atomic E-state index is -3.84. The van der Waals surface area contributed by atoms with Gasteiger partial charge in [0.15, 0.2) is 5.69 Å². The van der Waals surface area contributed by atoms with Gasteiger partial charge in [-0.05, 0) is 32.1 Å². The lowest BCUT2D eigenvalue weighted by Gasteiger charge is -2.25. The monoisotopic (exact) mass is 402 g/mol.